The van der Waals surface area contributed by atoms with Crippen LogP contribution in [0.15, 0.2) is 53.4 Å². The van der Waals surface area contributed by atoms with Crippen LogP contribution in [0.3, 0.4) is 0 Å². The highest BCUT2D eigenvalue weighted by Gasteiger charge is 2.28. The van der Waals surface area contributed by atoms with Gasteiger partial charge < -0.3 is 10.1 Å². The summed E-state index contributed by atoms with van der Waals surface area (Å²) >= 11 is 0. The van der Waals surface area contributed by atoms with E-state index >= 15 is 0 Å². The third kappa shape index (κ3) is 3.94. The zero-order valence-electron chi connectivity index (χ0n) is 16.9. The number of pyridine rings is 1. The second kappa shape index (κ2) is 8.14. The smallest absolute Gasteiger partial charge is 0.256 e. The average molecular weight is 426 g/mol. The number of nitrogens with zero attached hydrogens (tertiary/aromatic N) is 2. The molecule has 0 radical (unpaired) electrons. The topological polar surface area (TPSA) is 88.6 Å². The minimum absolute atomic E-state index is 0.193. The summed E-state index contributed by atoms with van der Waals surface area (Å²) in [5.41, 5.74) is 3.03. The molecule has 1 amide bonds. The van der Waals surface area contributed by atoms with Crippen LogP contribution in [0.25, 0.3) is 10.9 Å². The number of para-hydroxylation sites is 1. The van der Waals surface area contributed by atoms with Gasteiger partial charge in [0.1, 0.15) is 0 Å². The number of aromatic nitrogens is 1. The number of rotatable bonds is 4. The second-order valence-electron chi connectivity index (χ2n) is 7.28. The lowest BCUT2D eigenvalue weighted by atomic mass is 10.1. The van der Waals surface area contributed by atoms with Crippen molar-refractivity contribution in [3.05, 3.63) is 65.4 Å². The summed E-state index contributed by atoms with van der Waals surface area (Å²) in [5.74, 6) is -0.310. The van der Waals surface area contributed by atoms with Crippen LogP contribution in [0.4, 0.5) is 5.69 Å². The number of hydrogen-bond donors (Lipinski definition) is 1. The summed E-state index contributed by atoms with van der Waals surface area (Å²) in [6.07, 6.45) is 0. The van der Waals surface area contributed by atoms with Crippen molar-refractivity contribution in [2.24, 2.45) is 0 Å². The standard InChI is InChI=1S/C22H23N3O4S/c1-15-7-8-17(14-21(15)30(27,28)25-9-11-29-12-10-25)24-22(26)19-13-16(2)23-20-6-4-3-5-18(19)20/h3-8,13-14H,9-12H2,1-2H3,(H,24,26). The molecule has 0 atom stereocenters. The molecule has 0 spiro atoms. The monoisotopic (exact) mass is 425 g/mol. The molecule has 1 N–H and O–H groups in total. The lowest BCUT2D eigenvalue weighted by Gasteiger charge is -2.26. The molecule has 30 heavy (non-hydrogen) atoms. The summed E-state index contributed by atoms with van der Waals surface area (Å²) in [5, 5.41) is 3.59. The summed E-state index contributed by atoms with van der Waals surface area (Å²) in [4.78, 5) is 17.7. The Morgan fingerprint density at radius 3 is 2.57 bits per heavy atom. The van der Waals surface area contributed by atoms with Crippen LogP contribution < -0.4 is 5.32 Å². The maximum absolute atomic E-state index is 13.1. The van der Waals surface area contributed by atoms with Crippen LogP contribution in [0.1, 0.15) is 21.6 Å². The van der Waals surface area contributed by atoms with Gasteiger partial charge in [-0.15, -0.1) is 0 Å². The van der Waals surface area contributed by atoms with Gasteiger partial charge in [-0.1, -0.05) is 24.3 Å². The molecule has 1 fully saturated rings. The minimum atomic E-state index is -3.66. The summed E-state index contributed by atoms with van der Waals surface area (Å²) < 4.78 is 32.9. The number of carbonyl (C=O) groups is 1. The predicted molar refractivity (Wildman–Crippen MR) is 115 cm³/mol. The first-order valence-electron chi connectivity index (χ1n) is 9.72. The summed E-state index contributed by atoms with van der Waals surface area (Å²) in [6.45, 7) is 4.98. The van der Waals surface area contributed by atoms with Crippen LogP contribution in [0.5, 0.6) is 0 Å². The first-order valence-corrected chi connectivity index (χ1v) is 11.2. The molecule has 4 rings (SSSR count). The number of amides is 1. The Balaban J connectivity index is 1.67. The van der Waals surface area contributed by atoms with E-state index in [9.17, 15) is 13.2 Å². The van der Waals surface area contributed by atoms with Gasteiger partial charge in [0.25, 0.3) is 5.91 Å². The van der Waals surface area contributed by atoms with Gasteiger partial charge in [-0.05, 0) is 43.7 Å². The normalized spacial score (nSPS) is 15.3. The number of carbonyl (C=O) groups excluding carboxylic acids is 1. The van der Waals surface area contributed by atoms with E-state index in [2.05, 4.69) is 10.3 Å². The molecule has 0 aliphatic carbocycles. The molecule has 2 aromatic carbocycles. The third-order valence-corrected chi connectivity index (χ3v) is 7.16. The fourth-order valence-corrected chi connectivity index (χ4v) is 5.23. The van der Waals surface area contributed by atoms with E-state index in [1.165, 1.54) is 10.4 Å². The molecular formula is C22H23N3O4S. The van der Waals surface area contributed by atoms with E-state index < -0.39 is 10.0 Å². The van der Waals surface area contributed by atoms with Crippen molar-refractivity contribution in [3.63, 3.8) is 0 Å². The number of fused-ring (bicyclic) bond motifs is 1. The molecule has 0 unspecified atom stereocenters. The van der Waals surface area contributed by atoms with Crippen molar-refractivity contribution in [2.75, 3.05) is 31.6 Å². The van der Waals surface area contributed by atoms with Gasteiger partial charge in [-0.25, -0.2) is 8.42 Å². The van der Waals surface area contributed by atoms with Crippen LogP contribution in [0.2, 0.25) is 0 Å². The van der Waals surface area contributed by atoms with Crippen LogP contribution in [-0.2, 0) is 14.8 Å². The molecule has 3 aromatic rings. The Morgan fingerprint density at radius 2 is 1.80 bits per heavy atom. The Hall–Kier alpha value is -2.81. The number of morpholine rings is 1. The maximum atomic E-state index is 13.1. The van der Waals surface area contributed by atoms with E-state index in [1.807, 2.05) is 31.2 Å². The number of aryl methyl sites for hydroxylation is 2. The van der Waals surface area contributed by atoms with Gasteiger partial charge in [-0.3, -0.25) is 9.78 Å². The molecule has 0 saturated carbocycles. The first kappa shape index (κ1) is 20.5. The van der Waals surface area contributed by atoms with Crippen molar-refractivity contribution in [1.29, 1.82) is 0 Å². The van der Waals surface area contributed by atoms with Gasteiger partial charge in [0, 0.05) is 29.9 Å². The molecular weight excluding hydrogens is 402 g/mol. The maximum Gasteiger partial charge on any atom is 0.256 e. The first-order chi connectivity index (χ1) is 14.4. The highest BCUT2D eigenvalue weighted by Crippen LogP contribution is 2.25. The van der Waals surface area contributed by atoms with E-state index in [0.717, 1.165) is 16.6 Å². The average Bonchev–Trinajstić information content (AvgIpc) is 2.75. The van der Waals surface area contributed by atoms with Crippen LogP contribution in [0, 0.1) is 13.8 Å². The Labute approximate surface area is 175 Å². The molecule has 1 aliphatic rings. The fraction of sp³-hybridized carbons (Fsp3) is 0.273. The Kier molecular flexibility index (Phi) is 5.55. The zero-order chi connectivity index (χ0) is 21.3. The number of anilines is 1. The van der Waals surface area contributed by atoms with E-state index in [4.69, 9.17) is 4.74 Å². The quantitative estimate of drug-likeness (QED) is 0.694. The molecule has 1 saturated heterocycles. The second-order valence-corrected chi connectivity index (χ2v) is 9.19. The lowest BCUT2D eigenvalue weighted by Crippen LogP contribution is -2.40. The van der Waals surface area contributed by atoms with Crippen LogP contribution in [-0.4, -0.2) is 49.9 Å². The van der Waals surface area contributed by atoms with Gasteiger partial charge >= 0.3 is 0 Å². The van der Waals surface area contributed by atoms with Crippen LogP contribution >= 0.6 is 0 Å². The number of sulfonamides is 1. The predicted octanol–water partition coefficient (Wildman–Crippen LogP) is 3.12. The van der Waals surface area contributed by atoms with Crippen molar-refractivity contribution >= 4 is 32.5 Å². The molecule has 0 bridgehead atoms. The fourth-order valence-electron chi connectivity index (χ4n) is 3.58. The molecule has 7 nitrogen and oxygen atoms in total. The van der Waals surface area contributed by atoms with Gasteiger partial charge in [0.2, 0.25) is 10.0 Å². The van der Waals surface area contributed by atoms with Gasteiger partial charge in [0.05, 0.1) is 29.2 Å². The number of benzene rings is 2. The lowest BCUT2D eigenvalue weighted by molar-refractivity contribution is 0.0730. The molecule has 156 valence electrons. The van der Waals surface area contributed by atoms with Crippen molar-refractivity contribution in [3.8, 4) is 0 Å². The number of nitrogens with one attached hydrogen (secondary N) is 1. The van der Waals surface area contributed by atoms with Crippen molar-refractivity contribution < 1.29 is 17.9 Å². The third-order valence-electron chi connectivity index (χ3n) is 5.12. The van der Waals surface area contributed by atoms with Crippen molar-refractivity contribution in [1.82, 2.24) is 9.29 Å². The Morgan fingerprint density at radius 1 is 1.07 bits per heavy atom. The number of hydrogen-bond acceptors (Lipinski definition) is 5. The summed E-state index contributed by atoms with van der Waals surface area (Å²) in [7, 11) is -3.66. The highest BCUT2D eigenvalue weighted by atomic mass is 32.2. The molecule has 2 heterocycles. The van der Waals surface area contributed by atoms with E-state index in [1.54, 1.807) is 25.1 Å². The molecule has 1 aliphatic heterocycles. The highest BCUT2D eigenvalue weighted by molar-refractivity contribution is 7.89. The largest absolute Gasteiger partial charge is 0.379 e. The number of ether oxygens (including phenoxy) is 1. The SMILES string of the molecule is Cc1cc(C(=O)Nc2ccc(C)c(S(=O)(=O)N3CCOCC3)c2)c2ccccc2n1. The van der Waals surface area contributed by atoms with Crippen molar-refractivity contribution in [2.45, 2.75) is 18.7 Å². The molecule has 8 heteroatoms. The Bertz CT molecular complexity index is 1220. The molecule has 1 aromatic heterocycles. The minimum Gasteiger partial charge on any atom is -0.379 e. The van der Waals surface area contributed by atoms with Gasteiger partial charge in [0.15, 0.2) is 0 Å². The zero-order valence-corrected chi connectivity index (χ0v) is 17.7. The summed E-state index contributed by atoms with van der Waals surface area (Å²) in [6, 6.07) is 14.1. The van der Waals surface area contributed by atoms with E-state index in [-0.39, 0.29) is 10.8 Å². The van der Waals surface area contributed by atoms with Gasteiger partial charge in [-0.2, -0.15) is 4.31 Å². The van der Waals surface area contributed by atoms with E-state index in [0.29, 0.717) is 43.1 Å².